The van der Waals surface area contributed by atoms with Gasteiger partial charge in [-0.05, 0) is 60.4 Å². The molecule has 4 heteroatoms. The van der Waals surface area contributed by atoms with Crippen LogP contribution in [0.2, 0.25) is 0 Å². The average molecular weight is 365 g/mol. The molecule has 4 rings (SSSR count). The van der Waals surface area contributed by atoms with Crippen molar-refractivity contribution in [1.29, 1.82) is 0 Å². The minimum atomic E-state index is -0.0651. The van der Waals surface area contributed by atoms with Crippen molar-refractivity contribution in [3.63, 3.8) is 0 Å². The number of benzene rings is 1. The molecular formula is C22H24N2OS. The molecule has 0 saturated carbocycles. The fourth-order valence-corrected chi connectivity index (χ4v) is 4.62. The third-order valence-corrected chi connectivity index (χ3v) is 6.40. The van der Waals surface area contributed by atoms with Gasteiger partial charge in [0.05, 0.1) is 4.88 Å². The molecule has 1 aliphatic rings. The van der Waals surface area contributed by atoms with Gasteiger partial charge in [0.15, 0.2) is 0 Å². The van der Waals surface area contributed by atoms with Crippen LogP contribution in [0.3, 0.4) is 0 Å². The minimum absolute atomic E-state index is 0.0651. The van der Waals surface area contributed by atoms with Gasteiger partial charge in [-0.25, -0.2) is 4.98 Å². The number of pyridine rings is 1. The number of amides is 1. The molecule has 0 fully saturated rings. The van der Waals surface area contributed by atoms with Crippen molar-refractivity contribution in [2.24, 2.45) is 11.3 Å². The van der Waals surface area contributed by atoms with Gasteiger partial charge in [-0.2, -0.15) is 0 Å². The van der Waals surface area contributed by atoms with Gasteiger partial charge in [-0.15, -0.1) is 11.3 Å². The number of nitrogens with zero attached hydrogens (tertiary/aromatic N) is 1. The Balaban J connectivity index is 1.61. The van der Waals surface area contributed by atoms with E-state index in [2.05, 4.69) is 32.2 Å². The Labute approximate surface area is 158 Å². The Morgan fingerprint density at radius 3 is 2.69 bits per heavy atom. The number of fused-ring (bicyclic) bond motifs is 2. The highest BCUT2D eigenvalue weighted by Gasteiger charge is 2.29. The quantitative estimate of drug-likeness (QED) is 0.634. The molecule has 1 aliphatic carbocycles. The number of aromatic nitrogens is 1. The number of para-hydroxylation sites is 1. The van der Waals surface area contributed by atoms with Crippen molar-refractivity contribution < 1.29 is 4.79 Å². The van der Waals surface area contributed by atoms with Gasteiger partial charge in [-0.3, -0.25) is 4.79 Å². The number of hydrogen-bond donors (Lipinski definition) is 1. The first-order valence-electron chi connectivity index (χ1n) is 9.19. The molecular weight excluding hydrogens is 340 g/mol. The molecule has 1 N–H and O–H groups in total. The Kier molecular flexibility index (Phi) is 4.31. The van der Waals surface area contributed by atoms with Crippen LogP contribution in [0.5, 0.6) is 0 Å². The molecule has 0 bridgehead atoms. The monoisotopic (exact) mass is 364 g/mol. The maximum absolute atomic E-state index is 12.6. The number of hydrogen-bond acceptors (Lipinski definition) is 3. The third-order valence-electron chi connectivity index (χ3n) is 5.35. The van der Waals surface area contributed by atoms with Crippen LogP contribution in [0.1, 0.15) is 48.1 Å². The highest BCUT2D eigenvalue weighted by atomic mass is 32.1. The van der Waals surface area contributed by atoms with Crippen LogP contribution < -0.4 is 5.32 Å². The average Bonchev–Trinajstić information content (AvgIpc) is 3.02. The van der Waals surface area contributed by atoms with Crippen LogP contribution in [0.4, 0.5) is 5.69 Å². The predicted octanol–water partition coefficient (Wildman–Crippen LogP) is 5.70. The van der Waals surface area contributed by atoms with E-state index in [4.69, 9.17) is 4.98 Å². The lowest BCUT2D eigenvalue weighted by Gasteiger charge is -2.34. The second-order valence-corrected chi connectivity index (χ2v) is 9.26. The largest absolute Gasteiger partial charge is 0.321 e. The Bertz CT molecular complexity index is 953. The summed E-state index contributed by atoms with van der Waals surface area (Å²) in [6, 6.07) is 13.8. The normalized spacial score (nSPS) is 17.1. The Morgan fingerprint density at radius 1 is 1.19 bits per heavy atom. The molecule has 26 heavy (non-hydrogen) atoms. The molecule has 3 aromatic rings. The summed E-state index contributed by atoms with van der Waals surface area (Å²) in [5.41, 5.74) is 3.71. The molecule has 0 radical (unpaired) electrons. The Morgan fingerprint density at radius 2 is 1.96 bits per heavy atom. The zero-order chi connectivity index (χ0) is 18.3. The first kappa shape index (κ1) is 17.2. The van der Waals surface area contributed by atoms with Gasteiger partial charge in [0.2, 0.25) is 0 Å². The summed E-state index contributed by atoms with van der Waals surface area (Å²) < 4.78 is 0. The number of carbonyl (C=O) groups is 1. The molecule has 1 atom stereocenters. The van der Waals surface area contributed by atoms with Crippen molar-refractivity contribution in [3.8, 4) is 0 Å². The number of rotatable bonds is 2. The molecule has 1 unspecified atom stereocenters. The van der Waals surface area contributed by atoms with Crippen LogP contribution in [0, 0.1) is 11.3 Å². The van der Waals surface area contributed by atoms with E-state index >= 15 is 0 Å². The zero-order valence-electron chi connectivity index (χ0n) is 15.5. The number of anilines is 1. The van der Waals surface area contributed by atoms with Crippen molar-refractivity contribution in [2.75, 3.05) is 5.32 Å². The summed E-state index contributed by atoms with van der Waals surface area (Å²) in [5, 5.41) is 4.04. The lowest BCUT2D eigenvalue weighted by molar-refractivity contribution is 0.103. The van der Waals surface area contributed by atoms with E-state index in [1.807, 2.05) is 36.4 Å². The molecule has 0 aliphatic heterocycles. The van der Waals surface area contributed by atoms with Crippen molar-refractivity contribution in [1.82, 2.24) is 4.98 Å². The fourth-order valence-electron chi connectivity index (χ4n) is 3.69. The number of thiophene rings is 1. The summed E-state index contributed by atoms with van der Waals surface area (Å²) in [6.45, 7) is 6.97. The van der Waals surface area contributed by atoms with Crippen LogP contribution in [0.25, 0.3) is 10.2 Å². The summed E-state index contributed by atoms with van der Waals surface area (Å²) in [5.74, 6) is 0.624. The predicted molar refractivity (Wildman–Crippen MR) is 109 cm³/mol. The maximum atomic E-state index is 12.6. The summed E-state index contributed by atoms with van der Waals surface area (Å²) >= 11 is 1.48. The second kappa shape index (κ2) is 6.51. The highest BCUT2D eigenvalue weighted by Crippen LogP contribution is 2.38. The van der Waals surface area contributed by atoms with Crippen LogP contribution in [-0.4, -0.2) is 10.9 Å². The standard InChI is InChI=1S/C22H24N2OS/c1-22(2,3)16-9-10-18-14(12-16)11-15-13-19(26-21(15)24-18)20(25)23-17-7-5-4-6-8-17/h4-8,11,13,16H,9-10,12H2,1-3H3,(H,23,25). The first-order valence-corrected chi connectivity index (χ1v) is 10.0. The van der Waals surface area contributed by atoms with Crippen LogP contribution >= 0.6 is 11.3 Å². The topological polar surface area (TPSA) is 42.0 Å². The molecule has 2 aromatic heterocycles. The summed E-state index contributed by atoms with van der Waals surface area (Å²) in [6.07, 6.45) is 3.32. The van der Waals surface area contributed by atoms with E-state index in [-0.39, 0.29) is 5.91 Å². The lowest BCUT2D eigenvalue weighted by Crippen LogP contribution is -2.27. The molecule has 0 saturated heterocycles. The third kappa shape index (κ3) is 3.38. The maximum Gasteiger partial charge on any atom is 0.265 e. The number of aryl methyl sites for hydroxylation is 1. The van der Waals surface area contributed by atoms with E-state index in [9.17, 15) is 4.79 Å². The van der Waals surface area contributed by atoms with Gasteiger partial charge >= 0.3 is 0 Å². The lowest BCUT2D eigenvalue weighted by atomic mass is 9.71. The van der Waals surface area contributed by atoms with E-state index < -0.39 is 0 Å². The van der Waals surface area contributed by atoms with Crippen molar-refractivity contribution >= 4 is 33.1 Å². The fraction of sp³-hybridized carbons (Fsp3) is 0.364. The molecule has 1 amide bonds. The Hall–Kier alpha value is -2.20. The van der Waals surface area contributed by atoms with E-state index in [0.29, 0.717) is 16.2 Å². The number of carbonyl (C=O) groups excluding carboxylic acids is 1. The van der Waals surface area contributed by atoms with Crippen molar-refractivity contribution in [2.45, 2.75) is 40.0 Å². The van der Waals surface area contributed by atoms with Gasteiger partial charge in [0.25, 0.3) is 5.91 Å². The zero-order valence-corrected chi connectivity index (χ0v) is 16.3. The minimum Gasteiger partial charge on any atom is -0.321 e. The smallest absolute Gasteiger partial charge is 0.265 e. The molecule has 0 spiro atoms. The SMILES string of the molecule is CC(C)(C)C1CCc2nc3sc(C(=O)Nc4ccccc4)cc3cc2C1. The highest BCUT2D eigenvalue weighted by molar-refractivity contribution is 7.20. The van der Waals surface area contributed by atoms with Gasteiger partial charge in [-0.1, -0.05) is 39.0 Å². The summed E-state index contributed by atoms with van der Waals surface area (Å²) in [7, 11) is 0. The van der Waals surface area contributed by atoms with Crippen LogP contribution in [-0.2, 0) is 12.8 Å². The molecule has 2 heterocycles. The summed E-state index contributed by atoms with van der Waals surface area (Å²) in [4.78, 5) is 19.1. The molecule has 3 nitrogen and oxygen atoms in total. The van der Waals surface area contributed by atoms with Gasteiger partial charge in [0, 0.05) is 16.8 Å². The van der Waals surface area contributed by atoms with Crippen molar-refractivity contribution in [3.05, 3.63) is 58.6 Å². The van der Waals surface area contributed by atoms with E-state index in [0.717, 1.165) is 28.7 Å². The van der Waals surface area contributed by atoms with E-state index in [1.54, 1.807) is 0 Å². The number of nitrogens with one attached hydrogen (secondary N) is 1. The second-order valence-electron chi connectivity index (χ2n) is 8.23. The first-order chi connectivity index (χ1) is 12.4. The van der Waals surface area contributed by atoms with Gasteiger partial charge < -0.3 is 5.32 Å². The van der Waals surface area contributed by atoms with Gasteiger partial charge in [0.1, 0.15) is 4.83 Å². The van der Waals surface area contributed by atoms with E-state index in [1.165, 1.54) is 29.0 Å². The molecule has 134 valence electrons. The molecule has 1 aromatic carbocycles. The van der Waals surface area contributed by atoms with Crippen LogP contribution in [0.15, 0.2) is 42.5 Å².